The maximum absolute atomic E-state index is 12.3. The molecule has 4 rings (SSSR count). The summed E-state index contributed by atoms with van der Waals surface area (Å²) in [5, 5.41) is 6.11. The summed E-state index contributed by atoms with van der Waals surface area (Å²) in [6.07, 6.45) is 1.56. The van der Waals surface area contributed by atoms with E-state index in [1.54, 1.807) is 18.3 Å². The van der Waals surface area contributed by atoms with Crippen LogP contribution in [-0.2, 0) is 6.54 Å². The molecule has 6 nitrogen and oxygen atoms in total. The zero-order chi connectivity index (χ0) is 19.3. The van der Waals surface area contributed by atoms with Crippen molar-refractivity contribution in [2.45, 2.75) is 13.5 Å². The van der Waals surface area contributed by atoms with Gasteiger partial charge in [0.2, 0.25) is 0 Å². The minimum Gasteiger partial charge on any atom is -0.486 e. The first-order valence-electron chi connectivity index (χ1n) is 9.14. The second-order valence-corrected chi connectivity index (χ2v) is 6.58. The normalized spacial score (nSPS) is 12.3. The Morgan fingerprint density at radius 1 is 1.00 bits per heavy atom. The van der Waals surface area contributed by atoms with Gasteiger partial charge in [-0.25, -0.2) is 4.98 Å². The molecule has 0 unspecified atom stereocenters. The smallest absolute Gasteiger partial charge is 0.253 e. The lowest BCUT2D eigenvalue weighted by molar-refractivity contribution is 0.0950. The van der Waals surface area contributed by atoms with Crippen LogP contribution < -0.4 is 20.1 Å². The van der Waals surface area contributed by atoms with Crippen molar-refractivity contribution in [3.05, 3.63) is 77.5 Å². The van der Waals surface area contributed by atoms with Crippen molar-refractivity contribution in [2.24, 2.45) is 0 Å². The van der Waals surface area contributed by atoms with Gasteiger partial charge in [-0.15, -0.1) is 0 Å². The zero-order valence-corrected chi connectivity index (χ0v) is 15.6. The van der Waals surface area contributed by atoms with Crippen molar-refractivity contribution in [2.75, 3.05) is 18.5 Å². The maximum atomic E-state index is 12.3. The monoisotopic (exact) mass is 375 g/mol. The Balaban J connectivity index is 1.36. The number of ether oxygens (including phenoxy) is 2. The number of amides is 1. The third-order valence-electron chi connectivity index (χ3n) is 4.41. The number of hydrogen-bond donors (Lipinski definition) is 2. The first-order valence-corrected chi connectivity index (χ1v) is 9.14. The predicted molar refractivity (Wildman–Crippen MR) is 107 cm³/mol. The molecule has 2 N–H and O–H groups in total. The van der Waals surface area contributed by atoms with Gasteiger partial charge in [0.15, 0.2) is 11.5 Å². The van der Waals surface area contributed by atoms with E-state index >= 15 is 0 Å². The summed E-state index contributed by atoms with van der Waals surface area (Å²) in [6.45, 7) is 3.63. The average molecular weight is 375 g/mol. The number of fused-ring (bicyclic) bond motifs is 1. The van der Waals surface area contributed by atoms with E-state index in [-0.39, 0.29) is 5.91 Å². The van der Waals surface area contributed by atoms with E-state index in [9.17, 15) is 4.79 Å². The van der Waals surface area contributed by atoms with Crippen LogP contribution in [0.4, 0.5) is 11.5 Å². The molecule has 3 aromatic rings. The summed E-state index contributed by atoms with van der Waals surface area (Å²) in [7, 11) is 0. The SMILES string of the molecule is Cc1ccc(CNC(=O)c2ccc(Nc3ccc4c(c3)OCCO4)nc2)cc1. The number of nitrogens with zero attached hydrogens (tertiary/aromatic N) is 1. The summed E-state index contributed by atoms with van der Waals surface area (Å²) in [5.74, 6) is 1.94. The fourth-order valence-electron chi connectivity index (χ4n) is 2.86. The second-order valence-electron chi connectivity index (χ2n) is 6.58. The Hall–Kier alpha value is -3.54. The minimum atomic E-state index is -0.154. The molecule has 1 aromatic heterocycles. The number of nitrogens with one attached hydrogen (secondary N) is 2. The van der Waals surface area contributed by atoms with Gasteiger partial charge in [0.25, 0.3) is 5.91 Å². The van der Waals surface area contributed by atoms with Gasteiger partial charge in [0.1, 0.15) is 19.0 Å². The fourth-order valence-corrected chi connectivity index (χ4v) is 2.86. The molecular weight excluding hydrogens is 354 g/mol. The van der Waals surface area contributed by atoms with Crippen LogP contribution in [0.2, 0.25) is 0 Å². The molecule has 0 radical (unpaired) electrons. The molecule has 1 aliphatic heterocycles. The molecular formula is C22H21N3O3. The molecule has 0 atom stereocenters. The molecule has 2 heterocycles. The molecule has 6 heteroatoms. The second kappa shape index (κ2) is 8.00. The number of carbonyl (C=O) groups is 1. The molecule has 0 fully saturated rings. The Labute approximate surface area is 163 Å². The van der Waals surface area contributed by atoms with Crippen molar-refractivity contribution in [1.29, 1.82) is 0 Å². The number of anilines is 2. The Bertz CT molecular complexity index is 969. The average Bonchev–Trinajstić information content (AvgIpc) is 2.73. The predicted octanol–water partition coefficient (Wildman–Crippen LogP) is 3.83. The van der Waals surface area contributed by atoms with Crippen molar-refractivity contribution in [3.63, 3.8) is 0 Å². The van der Waals surface area contributed by atoms with E-state index in [2.05, 4.69) is 15.6 Å². The van der Waals surface area contributed by atoms with E-state index in [1.807, 2.05) is 49.4 Å². The summed E-state index contributed by atoms with van der Waals surface area (Å²) < 4.78 is 11.1. The summed E-state index contributed by atoms with van der Waals surface area (Å²) in [6, 6.07) is 17.2. The number of pyridine rings is 1. The van der Waals surface area contributed by atoms with Gasteiger partial charge < -0.3 is 20.1 Å². The first kappa shape index (κ1) is 17.9. The van der Waals surface area contributed by atoms with Gasteiger partial charge >= 0.3 is 0 Å². The highest BCUT2D eigenvalue weighted by atomic mass is 16.6. The zero-order valence-electron chi connectivity index (χ0n) is 15.6. The number of benzene rings is 2. The minimum absolute atomic E-state index is 0.154. The van der Waals surface area contributed by atoms with Crippen LogP contribution in [0.1, 0.15) is 21.5 Å². The largest absolute Gasteiger partial charge is 0.486 e. The van der Waals surface area contributed by atoms with Crippen LogP contribution in [0.5, 0.6) is 11.5 Å². The van der Waals surface area contributed by atoms with Crippen LogP contribution >= 0.6 is 0 Å². The van der Waals surface area contributed by atoms with Crippen LogP contribution in [0.25, 0.3) is 0 Å². The Morgan fingerprint density at radius 3 is 2.54 bits per heavy atom. The molecule has 142 valence electrons. The lowest BCUT2D eigenvalue weighted by Gasteiger charge is -2.19. The number of aromatic nitrogens is 1. The van der Waals surface area contributed by atoms with Crippen LogP contribution in [0.3, 0.4) is 0 Å². The molecule has 1 amide bonds. The molecule has 0 saturated heterocycles. The van der Waals surface area contributed by atoms with Gasteiger partial charge in [-0.3, -0.25) is 4.79 Å². The van der Waals surface area contributed by atoms with Crippen LogP contribution in [0.15, 0.2) is 60.8 Å². The van der Waals surface area contributed by atoms with Crippen molar-refractivity contribution in [3.8, 4) is 11.5 Å². The number of hydrogen-bond acceptors (Lipinski definition) is 5. The summed E-state index contributed by atoms with van der Waals surface area (Å²) in [4.78, 5) is 16.6. The maximum Gasteiger partial charge on any atom is 0.253 e. The topological polar surface area (TPSA) is 72.5 Å². The molecule has 0 bridgehead atoms. The fraction of sp³-hybridized carbons (Fsp3) is 0.182. The number of aryl methyl sites for hydroxylation is 1. The van der Waals surface area contributed by atoms with Crippen LogP contribution in [0, 0.1) is 6.92 Å². The number of rotatable bonds is 5. The highest BCUT2D eigenvalue weighted by Gasteiger charge is 2.12. The molecule has 28 heavy (non-hydrogen) atoms. The van der Waals surface area contributed by atoms with Crippen molar-refractivity contribution < 1.29 is 14.3 Å². The van der Waals surface area contributed by atoms with E-state index < -0.39 is 0 Å². The van der Waals surface area contributed by atoms with E-state index in [0.717, 1.165) is 17.0 Å². The first-order chi connectivity index (χ1) is 13.7. The molecule has 2 aromatic carbocycles. The van der Waals surface area contributed by atoms with Crippen LogP contribution in [-0.4, -0.2) is 24.1 Å². The lowest BCUT2D eigenvalue weighted by atomic mass is 10.1. The highest BCUT2D eigenvalue weighted by Crippen LogP contribution is 2.33. The van der Waals surface area contributed by atoms with E-state index in [4.69, 9.17) is 9.47 Å². The molecule has 0 saturated carbocycles. The summed E-state index contributed by atoms with van der Waals surface area (Å²) in [5.41, 5.74) is 3.61. The molecule has 1 aliphatic rings. The number of carbonyl (C=O) groups excluding carboxylic acids is 1. The Morgan fingerprint density at radius 2 is 1.79 bits per heavy atom. The third kappa shape index (κ3) is 4.23. The van der Waals surface area contributed by atoms with Gasteiger partial charge in [-0.05, 0) is 36.8 Å². The van der Waals surface area contributed by atoms with Crippen molar-refractivity contribution in [1.82, 2.24) is 10.3 Å². The van der Waals surface area contributed by atoms with Gasteiger partial charge in [0, 0.05) is 24.5 Å². The van der Waals surface area contributed by atoms with E-state index in [0.29, 0.717) is 36.9 Å². The standard InChI is InChI=1S/C22H21N3O3/c1-15-2-4-16(5-3-15)13-24-22(26)17-6-9-21(23-14-17)25-18-7-8-19-20(12-18)28-11-10-27-19/h2-9,12,14H,10-11,13H2,1H3,(H,23,25)(H,24,26). The van der Waals surface area contributed by atoms with Gasteiger partial charge in [-0.1, -0.05) is 29.8 Å². The Kier molecular flexibility index (Phi) is 5.10. The van der Waals surface area contributed by atoms with Gasteiger partial charge in [0.05, 0.1) is 5.56 Å². The lowest BCUT2D eigenvalue weighted by Crippen LogP contribution is -2.22. The third-order valence-corrected chi connectivity index (χ3v) is 4.41. The van der Waals surface area contributed by atoms with E-state index in [1.165, 1.54) is 5.56 Å². The van der Waals surface area contributed by atoms with Crippen molar-refractivity contribution >= 4 is 17.4 Å². The van der Waals surface area contributed by atoms with Gasteiger partial charge in [-0.2, -0.15) is 0 Å². The quantitative estimate of drug-likeness (QED) is 0.709. The highest BCUT2D eigenvalue weighted by molar-refractivity contribution is 5.94. The molecule has 0 spiro atoms. The molecule has 0 aliphatic carbocycles. The summed E-state index contributed by atoms with van der Waals surface area (Å²) >= 11 is 0.